The standard InChI is InChI=1S/C23H33N3O5S/c1-6-7-20-24-21(31-25-20)16(2)30-22(27)17-12-14-26(15-13-17)32(28,29)19-10-8-18(9-11-19)23(3,4)5/h8-11,16-17H,6-7,12-15H2,1-5H3. The number of ether oxygens (including phenoxy) is 1. The smallest absolute Gasteiger partial charge is 0.309 e. The van der Waals surface area contributed by atoms with Gasteiger partial charge in [0.25, 0.3) is 5.89 Å². The average Bonchev–Trinajstić information content (AvgIpc) is 3.22. The van der Waals surface area contributed by atoms with E-state index in [0.29, 0.717) is 25.1 Å². The zero-order valence-corrected chi connectivity index (χ0v) is 20.3. The molecule has 1 atom stereocenters. The molecule has 1 fully saturated rings. The van der Waals surface area contributed by atoms with Crippen LogP contribution in [0.5, 0.6) is 0 Å². The van der Waals surface area contributed by atoms with E-state index in [9.17, 15) is 13.2 Å². The van der Waals surface area contributed by atoms with Crippen LogP contribution in [0.1, 0.15) is 77.3 Å². The van der Waals surface area contributed by atoms with Crippen LogP contribution in [0.25, 0.3) is 0 Å². The van der Waals surface area contributed by atoms with E-state index in [1.54, 1.807) is 19.1 Å². The molecule has 0 bridgehead atoms. The Morgan fingerprint density at radius 2 is 1.84 bits per heavy atom. The van der Waals surface area contributed by atoms with Gasteiger partial charge < -0.3 is 9.26 Å². The van der Waals surface area contributed by atoms with Gasteiger partial charge in [-0.2, -0.15) is 9.29 Å². The minimum Gasteiger partial charge on any atom is -0.452 e. The molecule has 32 heavy (non-hydrogen) atoms. The largest absolute Gasteiger partial charge is 0.452 e. The van der Waals surface area contributed by atoms with Crippen molar-refractivity contribution in [3.05, 3.63) is 41.5 Å². The van der Waals surface area contributed by atoms with E-state index in [2.05, 4.69) is 30.9 Å². The topological polar surface area (TPSA) is 103 Å². The second-order valence-electron chi connectivity index (χ2n) is 9.33. The monoisotopic (exact) mass is 463 g/mol. The van der Waals surface area contributed by atoms with Crippen molar-refractivity contribution in [3.63, 3.8) is 0 Å². The molecule has 0 spiro atoms. The maximum atomic E-state index is 13.0. The fraction of sp³-hybridized carbons (Fsp3) is 0.609. The maximum absolute atomic E-state index is 13.0. The van der Waals surface area contributed by atoms with Crippen LogP contribution in [0.2, 0.25) is 0 Å². The molecule has 1 aromatic carbocycles. The zero-order valence-electron chi connectivity index (χ0n) is 19.5. The maximum Gasteiger partial charge on any atom is 0.309 e. The molecule has 1 unspecified atom stereocenters. The molecule has 2 heterocycles. The predicted octanol–water partition coefficient (Wildman–Crippen LogP) is 4.02. The van der Waals surface area contributed by atoms with Gasteiger partial charge in [-0.1, -0.05) is 45.0 Å². The van der Waals surface area contributed by atoms with Gasteiger partial charge in [0.2, 0.25) is 10.0 Å². The van der Waals surface area contributed by atoms with Gasteiger partial charge in [-0.3, -0.25) is 4.79 Å². The number of carbonyl (C=O) groups is 1. The molecule has 0 amide bonds. The van der Waals surface area contributed by atoms with Crippen molar-refractivity contribution < 1.29 is 22.5 Å². The molecule has 0 saturated carbocycles. The number of esters is 1. The minimum absolute atomic E-state index is 0.0447. The van der Waals surface area contributed by atoms with Crippen molar-refractivity contribution in [2.75, 3.05) is 13.1 Å². The van der Waals surface area contributed by atoms with Crippen LogP contribution in [-0.4, -0.2) is 41.9 Å². The first-order valence-electron chi connectivity index (χ1n) is 11.2. The first-order chi connectivity index (χ1) is 15.0. The van der Waals surface area contributed by atoms with Gasteiger partial charge in [0.15, 0.2) is 11.9 Å². The van der Waals surface area contributed by atoms with Gasteiger partial charge in [-0.05, 0) is 49.3 Å². The summed E-state index contributed by atoms with van der Waals surface area (Å²) in [6, 6.07) is 7.05. The van der Waals surface area contributed by atoms with E-state index in [1.165, 1.54) is 4.31 Å². The lowest BCUT2D eigenvalue weighted by molar-refractivity contribution is -0.156. The van der Waals surface area contributed by atoms with Gasteiger partial charge in [-0.15, -0.1) is 0 Å². The third-order valence-electron chi connectivity index (χ3n) is 5.74. The van der Waals surface area contributed by atoms with Crippen molar-refractivity contribution in [2.45, 2.75) is 76.7 Å². The highest BCUT2D eigenvalue weighted by atomic mass is 32.2. The average molecular weight is 464 g/mol. The molecule has 0 aliphatic carbocycles. The molecule has 176 valence electrons. The molecule has 9 heteroatoms. The van der Waals surface area contributed by atoms with Crippen LogP contribution >= 0.6 is 0 Å². The lowest BCUT2D eigenvalue weighted by atomic mass is 9.87. The number of piperidine rings is 1. The summed E-state index contributed by atoms with van der Waals surface area (Å²) in [7, 11) is -3.59. The Labute approximate surface area is 190 Å². The lowest BCUT2D eigenvalue weighted by Crippen LogP contribution is -2.40. The summed E-state index contributed by atoms with van der Waals surface area (Å²) in [4.78, 5) is 17.1. The third-order valence-corrected chi connectivity index (χ3v) is 7.66. The van der Waals surface area contributed by atoms with E-state index in [4.69, 9.17) is 9.26 Å². The Morgan fingerprint density at radius 1 is 1.22 bits per heavy atom. The predicted molar refractivity (Wildman–Crippen MR) is 119 cm³/mol. The lowest BCUT2D eigenvalue weighted by Gasteiger charge is -2.30. The van der Waals surface area contributed by atoms with Gasteiger partial charge in [-0.25, -0.2) is 8.42 Å². The van der Waals surface area contributed by atoms with Gasteiger partial charge in [0, 0.05) is 19.5 Å². The highest BCUT2D eigenvalue weighted by Crippen LogP contribution is 2.28. The number of hydrogen-bond acceptors (Lipinski definition) is 7. The normalized spacial score (nSPS) is 17.3. The van der Waals surface area contributed by atoms with E-state index in [0.717, 1.165) is 12.0 Å². The van der Waals surface area contributed by atoms with E-state index < -0.39 is 16.1 Å². The Bertz CT molecular complexity index is 1020. The highest BCUT2D eigenvalue weighted by molar-refractivity contribution is 7.89. The SMILES string of the molecule is CCCc1noc(C(C)OC(=O)C2CCN(S(=O)(=O)c3ccc(C(C)(C)C)cc3)CC2)n1. The fourth-order valence-electron chi connectivity index (χ4n) is 3.69. The Balaban J connectivity index is 1.57. The molecule has 2 aromatic rings. The molecular formula is C23H33N3O5S. The summed E-state index contributed by atoms with van der Waals surface area (Å²) in [6.45, 7) is 10.5. The number of hydrogen-bond donors (Lipinski definition) is 0. The number of benzene rings is 1. The Kier molecular flexibility index (Phi) is 7.39. The molecule has 0 N–H and O–H groups in total. The zero-order chi connectivity index (χ0) is 23.5. The summed E-state index contributed by atoms with van der Waals surface area (Å²) in [5.41, 5.74) is 1.03. The second kappa shape index (κ2) is 9.70. The summed E-state index contributed by atoms with van der Waals surface area (Å²) in [5.74, 6) is 0.157. The quantitative estimate of drug-likeness (QED) is 0.571. The van der Waals surface area contributed by atoms with Crippen molar-refractivity contribution in [3.8, 4) is 0 Å². The molecule has 1 aromatic heterocycles. The summed E-state index contributed by atoms with van der Waals surface area (Å²) < 4.78 is 38.2. The van der Waals surface area contributed by atoms with Crippen molar-refractivity contribution in [1.29, 1.82) is 0 Å². The van der Waals surface area contributed by atoms with E-state index in [-0.39, 0.29) is 41.2 Å². The number of rotatable bonds is 7. The van der Waals surface area contributed by atoms with Crippen molar-refractivity contribution >= 4 is 16.0 Å². The molecule has 0 radical (unpaired) electrons. The molecule has 1 saturated heterocycles. The van der Waals surface area contributed by atoms with Crippen molar-refractivity contribution in [2.24, 2.45) is 5.92 Å². The number of sulfonamides is 1. The first kappa shape index (κ1) is 24.4. The number of aromatic nitrogens is 2. The van der Waals surface area contributed by atoms with E-state index >= 15 is 0 Å². The molecule has 1 aliphatic heterocycles. The van der Waals surface area contributed by atoms with Crippen LogP contribution in [0.4, 0.5) is 0 Å². The van der Waals surface area contributed by atoms with Gasteiger partial charge in [0.05, 0.1) is 10.8 Å². The van der Waals surface area contributed by atoms with Crippen molar-refractivity contribution in [1.82, 2.24) is 14.4 Å². The highest BCUT2D eigenvalue weighted by Gasteiger charge is 2.34. The number of aryl methyl sites for hydroxylation is 1. The molecule has 8 nitrogen and oxygen atoms in total. The van der Waals surface area contributed by atoms with Crippen LogP contribution in [0.3, 0.4) is 0 Å². The van der Waals surface area contributed by atoms with Crippen LogP contribution in [0, 0.1) is 5.92 Å². The number of carbonyl (C=O) groups excluding carboxylic acids is 1. The fourth-order valence-corrected chi connectivity index (χ4v) is 5.16. The summed E-state index contributed by atoms with van der Waals surface area (Å²) >= 11 is 0. The van der Waals surface area contributed by atoms with E-state index in [1.807, 2.05) is 19.1 Å². The summed E-state index contributed by atoms with van der Waals surface area (Å²) in [6.07, 6.45) is 1.79. The van der Waals surface area contributed by atoms with Gasteiger partial charge >= 0.3 is 5.97 Å². The first-order valence-corrected chi connectivity index (χ1v) is 12.6. The molecule has 3 rings (SSSR count). The second-order valence-corrected chi connectivity index (χ2v) is 11.3. The Hall–Kier alpha value is -2.26. The Morgan fingerprint density at radius 3 is 2.41 bits per heavy atom. The minimum atomic E-state index is -3.59. The summed E-state index contributed by atoms with van der Waals surface area (Å²) in [5, 5.41) is 3.88. The third kappa shape index (κ3) is 5.56. The number of nitrogens with zero attached hydrogens (tertiary/aromatic N) is 3. The molecule has 1 aliphatic rings. The van der Waals surface area contributed by atoms with Gasteiger partial charge in [0.1, 0.15) is 0 Å². The molecular weight excluding hydrogens is 430 g/mol. The van der Waals surface area contributed by atoms with Crippen LogP contribution < -0.4 is 0 Å². The van der Waals surface area contributed by atoms with Crippen LogP contribution in [0.15, 0.2) is 33.7 Å². The van der Waals surface area contributed by atoms with Crippen LogP contribution in [-0.2, 0) is 31.4 Å².